The first-order chi connectivity index (χ1) is 22.8. The van der Waals surface area contributed by atoms with E-state index in [-0.39, 0.29) is 17.4 Å². The Kier molecular flexibility index (Phi) is 8.11. The molecule has 3 heterocycles. The molecule has 1 saturated heterocycles. The van der Waals surface area contributed by atoms with Crippen LogP contribution in [0.5, 0.6) is 5.75 Å². The highest BCUT2D eigenvalue weighted by Gasteiger charge is 2.64. The second kappa shape index (κ2) is 12.2. The first-order valence-electron chi connectivity index (χ1n) is 18.2. The molecule has 250 valence electrons. The van der Waals surface area contributed by atoms with Gasteiger partial charge in [0.1, 0.15) is 5.75 Å². The molecule has 8 rings (SSSR count). The number of aromatic nitrogens is 1. The number of nitrogens with one attached hydrogen (secondary N) is 2. The van der Waals surface area contributed by atoms with E-state index in [9.17, 15) is 4.79 Å². The molecule has 2 amide bonds. The second-order valence-electron chi connectivity index (χ2n) is 15.4. The van der Waals surface area contributed by atoms with Gasteiger partial charge in [0, 0.05) is 64.9 Å². The maximum absolute atomic E-state index is 15.0. The Morgan fingerprint density at radius 3 is 2.55 bits per heavy atom. The number of carbonyl (C=O) groups is 2. The van der Waals surface area contributed by atoms with Crippen LogP contribution < -0.4 is 14.8 Å². The summed E-state index contributed by atoms with van der Waals surface area (Å²) in [6.45, 7) is 7.27. The summed E-state index contributed by atoms with van der Waals surface area (Å²) in [6, 6.07) is 12.9. The van der Waals surface area contributed by atoms with Gasteiger partial charge in [-0.15, -0.1) is 0 Å². The molecule has 4 fully saturated rings. The van der Waals surface area contributed by atoms with Gasteiger partial charge in [0.25, 0.3) is 5.91 Å². The van der Waals surface area contributed by atoms with Crippen molar-refractivity contribution >= 4 is 34.7 Å². The van der Waals surface area contributed by atoms with Crippen molar-refractivity contribution in [3.63, 3.8) is 0 Å². The zero-order valence-corrected chi connectivity index (χ0v) is 29.1. The largest absolute Gasteiger partial charge is 0.497 e. The van der Waals surface area contributed by atoms with Gasteiger partial charge in [-0.05, 0) is 91.4 Å². The number of piperazine rings is 1. The van der Waals surface area contributed by atoms with E-state index in [0.29, 0.717) is 29.2 Å². The maximum atomic E-state index is 15.0. The Labute approximate surface area is 283 Å². The standard InChI is InChI=1S/C39H50N4O3S/c1-25(2)47-41-36(44)27-12-14-30-33(20-27)43-24-39(37(45)42-19-18-40-38(23-42)16-8-5-9-17-38)22-32(39)31-21-28(46-3)13-15-29(31)35(43)34(30)26-10-6-4-7-11-26/h12-15,20-21,25-26,32,40H,4-11,16-19,22-24H2,1-3H3,(H,41,44). The second-order valence-corrected chi connectivity index (χ2v) is 16.8. The highest BCUT2D eigenvalue weighted by atomic mass is 32.2. The Morgan fingerprint density at radius 2 is 1.79 bits per heavy atom. The summed E-state index contributed by atoms with van der Waals surface area (Å²) in [4.78, 5) is 30.6. The van der Waals surface area contributed by atoms with Crippen LogP contribution in [0.25, 0.3) is 22.2 Å². The molecule has 0 radical (unpaired) electrons. The number of fused-ring (bicyclic) bond motifs is 7. The minimum absolute atomic E-state index is 0.0622. The number of methoxy groups -OCH3 is 1. The van der Waals surface area contributed by atoms with Gasteiger partial charge in [-0.25, -0.2) is 0 Å². The SMILES string of the molecule is COc1ccc2c(c1)C1CC1(C(=O)N1CCNC3(CCCCC3)C1)Cn1c-2c(C2CCCCC2)c2ccc(C(=O)NSC(C)C)cc21. The molecule has 5 aliphatic rings. The van der Waals surface area contributed by atoms with Crippen LogP contribution in [0.15, 0.2) is 36.4 Å². The van der Waals surface area contributed by atoms with Gasteiger partial charge in [-0.1, -0.05) is 58.4 Å². The number of hydrogen-bond acceptors (Lipinski definition) is 5. The maximum Gasteiger partial charge on any atom is 0.261 e. The molecule has 2 atom stereocenters. The molecule has 7 nitrogen and oxygen atoms in total. The number of ether oxygens (including phenoxy) is 1. The monoisotopic (exact) mass is 654 g/mol. The van der Waals surface area contributed by atoms with E-state index in [1.807, 2.05) is 6.07 Å². The molecule has 1 aromatic heterocycles. The zero-order chi connectivity index (χ0) is 32.3. The summed E-state index contributed by atoms with van der Waals surface area (Å²) < 4.78 is 11.3. The summed E-state index contributed by atoms with van der Waals surface area (Å²) in [6.07, 6.45) is 13.1. The predicted octanol–water partition coefficient (Wildman–Crippen LogP) is 7.77. The third-order valence-electron chi connectivity index (χ3n) is 12.1. The lowest BCUT2D eigenvalue weighted by molar-refractivity contribution is -0.140. The van der Waals surface area contributed by atoms with Crippen LogP contribution >= 0.6 is 11.9 Å². The molecule has 1 spiro atoms. The van der Waals surface area contributed by atoms with Crippen molar-refractivity contribution in [2.45, 2.75) is 114 Å². The van der Waals surface area contributed by atoms with Gasteiger partial charge in [0.05, 0.1) is 18.2 Å². The van der Waals surface area contributed by atoms with Crippen molar-refractivity contribution in [2.24, 2.45) is 5.41 Å². The molecule has 3 saturated carbocycles. The molecule has 2 aromatic carbocycles. The predicted molar refractivity (Wildman–Crippen MR) is 190 cm³/mol. The van der Waals surface area contributed by atoms with Crippen LogP contribution in [-0.2, 0) is 11.3 Å². The zero-order valence-electron chi connectivity index (χ0n) is 28.3. The number of nitrogens with zero attached hydrogens (tertiary/aromatic N) is 2. The fraction of sp³-hybridized carbons (Fsp3) is 0.590. The molecular weight excluding hydrogens is 605 g/mol. The molecule has 2 N–H and O–H groups in total. The van der Waals surface area contributed by atoms with Crippen LogP contribution in [0.1, 0.15) is 118 Å². The summed E-state index contributed by atoms with van der Waals surface area (Å²) >= 11 is 1.46. The van der Waals surface area contributed by atoms with Crippen molar-refractivity contribution < 1.29 is 14.3 Å². The number of amides is 2. The number of hydrogen-bond donors (Lipinski definition) is 2. The van der Waals surface area contributed by atoms with Crippen LogP contribution in [0.3, 0.4) is 0 Å². The molecule has 8 heteroatoms. The Bertz CT molecular complexity index is 1700. The van der Waals surface area contributed by atoms with Crippen LogP contribution in [-0.4, -0.2) is 58.8 Å². The van der Waals surface area contributed by atoms with Gasteiger partial charge in [0.2, 0.25) is 5.91 Å². The summed E-state index contributed by atoms with van der Waals surface area (Å²) in [5.41, 5.74) is 6.51. The molecule has 3 aliphatic carbocycles. The normalized spacial score (nSPS) is 25.2. The lowest BCUT2D eigenvalue weighted by Gasteiger charge is -2.47. The van der Waals surface area contributed by atoms with Gasteiger partial charge < -0.3 is 19.5 Å². The van der Waals surface area contributed by atoms with Crippen LogP contribution in [0, 0.1) is 5.41 Å². The van der Waals surface area contributed by atoms with E-state index >= 15 is 4.79 Å². The lowest BCUT2D eigenvalue weighted by Crippen LogP contribution is -2.63. The highest BCUT2D eigenvalue weighted by molar-refractivity contribution is 7.98. The van der Waals surface area contributed by atoms with Crippen LogP contribution in [0.2, 0.25) is 0 Å². The Hall–Kier alpha value is -2.97. The van der Waals surface area contributed by atoms with Crippen molar-refractivity contribution in [2.75, 3.05) is 26.7 Å². The minimum Gasteiger partial charge on any atom is -0.497 e. The number of carbonyl (C=O) groups excluding carboxylic acids is 2. The fourth-order valence-electron chi connectivity index (χ4n) is 9.66. The molecule has 2 unspecified atom stereocenters. The Morgan fingerprint density at radius 1 is 1.00 bits per heavy atom. The van der Waals surface area contributed by atoms with E-state index in [4.69, 9.17) is 4.74 Å². The third kappa shape index (κ3) is 5.38. The van der Waals surface area contributed by atoms with Gasteiger partial charge >= 0.3 is 0 Å². The smallest absolute Gasteiger partial charge is 0.261 e. The van der Waals surface area contributed by atoms with Crippen molar-refractivity contribution in [1.29, 1.82) is 0 Å². The van der Waals surface area contributed by atoms with Gasteiger partial charge in [0.15, 0.2) is 0 Å². The molecule has 0 bridgehead atoms. The lowest BCUT2D eigenvalue weighted by atomic mass is 9.79. The number of benzene rings is 2. The summed E-state index contributed by atoms with van der Waals surface area (Å²) in [7, 11) is 1.74. The first kappa shape index (κ1) is 31.3. The van der Waals surface area contributed by atoms with Crippen LogP contribution in [0.4, 0.5) is 0 Å². The van der Waals surface area contributed by atoms with Crippen molar-refractivity contribution in [3.05, 3.63) is 53.1 Å². The fourth-order valence-corrected chi connectivity index (χ4v) is 10.1. The molecule has 3 aromatic rings. The Balaban J connectivity index is 1.28. The van der Waals surface area contributed by atoms with E-state index in [1.54, 1.807) is 7.11 Å². The van der Waals surface area contributed by atoms with Crippen molar-refractivity contribution in [1.82, 2.24) is 19.5 Å². The molecular formula is C39H50N4O3S. The average molecular weight is 655 g/mol. The first-order valence-corrected chi connectivity index (χ1v) is 19.1. The van der Waals surface area contributed by atoms with E-state index in [0.717, 1.165) is 50.2 Å². The third-order valence-corrected chi connectivity index (χ3v) is 12.8. The van der Waals surface area contributed by atoms with E-state index in [2.05, 4.69) is 63.7 Å². The minimum atomic E-state index is -0.499. The average Bonchev–Trinajstić information content (AvgIpc) is 3.77. The highest BCUT2D eigenvalue weighted by Crippen LogP contribution is 2.66. The molecule has 2 aliphatic heterocycles. The quantitative estimate of drug-likeness (QED) is 0.266. The number of rotatable bonds is 6. The van der Waals surface area contributed by atoms with Gasteiger partial charge in [-0.2, -0.15) is 0 Å². The summed E-state index contributed by atoms with van der Waals surface area (Å²) in [5.74, 6) is 1.73. The molecule has 47 heavy (non-hydrogen) atoms. The van der Waals surface area contributed by atoms with Gasteiger partial charge in [-0.3, -0.25) is 14.3 Å². The van der Waals surface area contributed by atoms with E-state index in [1.165, 1.54) is 91.1 Å². The van der Waals surface area contributed by atoms with E-state index < -0.39 is 5.41 Å². The summed E-state index contributed by atoms with van der Waals surface area (Å²) in [5, 5.41) is 5.39. The van der Waals surface area contributed by atoms with Crippen molar-refractivity contribution in [3.8, 4) is 17.0 Å². The topological polar surface area (TPSA) is 75.6 Å².